The van der Waals surface area contributed by atoms with Gasteiger partial charge < -0.3 is 34.8 Å². The van der Waals surface area contributed by atoms with Crippen LogP contribution in [0.5, 0.6) is 0 Å². The van der Waals surface area contributed by atoms with Crippen LogP contribution in [0.15, 0.2) is 182 Å². The highest BCUT2D eigenvalue weighted by atomic mass is 127. The number of nitrogens with zero attached hydrogens (tertiary/aromatic N) is 2. The number of nitrogens with one attached hydrogen (secondary N) is 1. The number of aromatic carboxylic acids is 1. The Hall–Kier alpha value is -7.86. The van der Waals surface area contributed by atoms with E-state index < -0.39 is 17.2 Å². The Balaban J connectivity index is 0.000000196. The topological polar surface area (TPSA) is 155 Å². The lowest BCUT2D eigenvalue weighted by atomic mass is 9.98. The molecule has 0 atom stereocenters. The number of carbonyl (C=O) groups is 4. The van der Waals surface area contributed by atoms with Crippen LogP contribution in [-0.4, -0.2) is 49.3 Å². The van der Waals surface area contributed by atoms with E-state index in [0.717, 1.165) is 72.0 Å². The van der Waals surface area contributed by atoms with Gasteiger partial charge in [0.25, 0.3) is 5.91 Å². The molecular weight excluding hydrogens is 1290 g/mol. The van der Waals surface area contributed by atoms with Crippen LogP contribution in [-0.2, 0) is 35.7 Å². The van der Waals surface area contributed by atoms with Crippen molar-refractivity contribution in [2.24, 2.45) is 5.73 Å². The maximum Gasteiger partial charge on any atom is 0.339 e. The van der Waals surface area contributed by atoms with Crippen molar-refractivity contribution in [1.29, 1.82) is 0 Å². The van der Waals surface area contributed by atoms with Gasteiger partial charge in [-0.05, 0) is 243 Å². The third-order valence-electron chi connectivity index (χ3n) is 14.6. The van der Waals surface area contributed by atoms with Crippen LogP contribution in [0.25, 0.3) is 44.1 Å². The van der Waals surface area contributed by atoms with E-state index in [4.69, 9.17) is 15.2 Å². The van der Waals surface area contributed by atoms with E-state index in [0.29, 0.717) is 48.4 Å². The second-order valence-electron chi connectivity index (χ2n) is 23.0. The van der Waals surface area contributed by atoms with Gasteiger partial charge in [0, 0.05) is 72.1 Å². The van der Waals surface area contributed by atoms with E-state index in [1.165, 1.54) is 24.0 Å². The molecule has 0 spiro atoms. The van der Waals surface area contributed by atoms with E-state index in [-0.39, 0.29) is 17.8 Å². The molecule has 85 heavy (non-hydrogen) atoms. The fourth-order valence-corrected chi connectivity index (χ4v) is 10.6. The van der Waals surface area contributed by atoms with Crippen LogP contribution in [0.2, 0.25) is 0 Å². The molecule has 2 heterocycles. The first-order valence-electron chi connectivity index (χ1n) is 28.1. The molecule has 0 aliphatic rings. The maximum absolute atomic E-state index is 13.0. The number of aryl methyl sites for hydroxylation is 2. The van der Waals surface area contributed by atoms with Gasteiger partial charge in [-0.1, -0.05) is 109 Å². The van der Waals surface area contributed by atoms with Crippen molar-refractivity contribution in [3.63, 3.8) is 0 Å². The number of carboxylic acid groups (broad SMARTS) is 1. The van der Waals surface area contributed by atoms with Crippen molar-refractivity contribution in [2.45, 2.75) is 107 Å². The molecule has 0 unspecified atom stereocenters. The molecule has 10 aromatic rings. The summed E-state index contributed by atoms with van der Waals surface area (Å²) in [7, 11) is 0. The quantitative estimate of drug-likeness (QED) is 0.0761. The van der Waals surface area contributed by atoms with Crippen molar-refractivity contribution in [3.8, 4) is 22.3 Å². The number of fused-ring (bicyclic) bond motifs is 2. The van der Waals surface area contributed by atoms with Gasteiger partial charge in [-0.3, -0.25) is 4.79 Å². The van der Waals surface area contributed by atoms with E-state index >= 15 is 0 Å². The lowest BCUT2D eigenvalue weighted by Gasteiger charge is -2.20. The summed E-state index contributed by atoms with van der Waals surface area (Å²) >= 11 is 4.55. The first-order valence-corrected chi connectivity index (χ1v) is 30.3. The Morgan fingerprint density at radius 1 is 0.494 bits per heavy atom. The molecule has 0 radical (unpaired) electrons. The number of esters is 2. The zero-order chi connectivity index (χ0) is 61.3. The van der Waals surface area contributed by atoms with Gasteiger partial charge in [0.2, 0.25) is 0 Å². The summed E-state index contributed by atoms with van der Waals surface area (Å²) in [6, 6.07) is 59.1. The molecular formula is C72H72I2N4O7. The highest BCUT2D eigenvalue weighted by Crippen LogP contribution is 2.32. The molecule has 0 aliphatic carbocycles. The van der Waals surface area contributed by atoms with Crippen molar-refractivity contribution in [2.75, 3.05) is 0 Å². The van der Waals surface area contributed by atoms with Crippen molar-refractivity contribution < 1.29 is 33.8 Å². The standard InChI is InChI=1S/C36H35IN2O3.C29H29NO4.C7H8IN/c1-23-24(2)39(33-19-16-28(20-32(23)33)34(40)38-21-25-12-17-29(37)18-13-25)22-26-10-14-27(15-11-26)30-8-6-7-9-31(30)35(41)42-36(3,4)5;1-18-19(2)30(26-15-14-22(27(31)32)16-25(18)26)17-20-10-12-21(13-11-20)23-8-6-7-9-24(23)28(33)34-29(3,4)5;8-7-3-1-6(5-9)2-4-7/h6-20H,21-22H2,1-5H3,(H,38,40);6-16H,17H2,1-5H3,(H,31,32);1-4H,5,9H2. The number of rotatable bonds is 13. The molecule has 11 nitrogen and oxygen atoms in total. The minimum atomic E-state index is -0.922. The third kappa shape index (κ3) is 16.1. The van der Waals surface area contributed by atoms with Gasteiger partial charge >= 0.3 is 17.9 Å². The van der Waals surface area contributed by atoms with E-state index in [2.05, 4.69) is 129 Å². The van der Waals surface area contributed by atoms with Crippen LogP contribution >= 0.6 is 45.2 Å². The Bertz CT molecular complexity index is 4040. The minimum Gasteiger partial charge on any atom is -0.478 e. The lowest BCUT2D eigenvalue weighted by molar-refractivity contribution is 0.00578. The molecule has 0 fully saturated rings. The number of carbonyl (C=O) groups excluding carboxylic acids is 3. The monoisotopic (exact) mass is 1360 g/mol. The molecule has 0 saturated heterocycles. The fourth-order valence-electron chi connectivity index (χ4n) is 9.92. The summed E-state index contributed by atoms with van der Waals surface area (Å²) in [4.78, 5) is 49.9. The summed E-state index contributed by atoms with van der Waals surface area (Å²) < 4.78 is 18.2. The Morgan fingerprint density at radius 3 is 1.27 bits per heavy atom. The van der Waals surface area contributed by atoms with Gasteiger partial charge in [-0.25, -0.2) is 14.4 Å². The smallest absolute Gasteiger partial charge is 0.339 e. The predicted molar refractivity (Wildman–Crippen MR) is 359 cm³/mol. The van der Waals surface area contributed by atoms with Crippen LogP contribution < -0.4 is 11.1 Å². The molecule has 436 valence electrons. The zero-order valence-electron chi connectivity index (χ0n) is 49.8. The molecule has 0 aliphatic heterocycles. The molecule has 1 amide bonds. The number of halogens is 2. The van der Waals surface area contributed by atoms with Crippen molar-refractivity contribution in [1.82, 2.24) is 14.5 Å². The lowest BCUT2D eigenvalue weighted by Crippen LogP contribution is -2.24. The average Bonchev–Trinajstić information content (AvgIpc) is 2.55. The summed E-state index contributed by atoms with van der Waals surface area (Å²) in [5.41, 5.74) is 21.1. The molecule has 0 bridgehead atoms. The third-order valence-corrected chi connectivity index (χ3v) is 16.0. The number of ether oxygens (including phenoxy) is 2. The second kappa shape index (κ2) is 27.5. The number of hydrogen-bond donors (Lipinski definition) is 3. The SMILES string of the molecule is Cc1c(C)n(Cc2ccc(-c3ccccc3C(=O)OC(C)(C)C)cc2)c2ccc(C(=O)NCc3ccc(I)cc3)cc12.Cc1c(C)n(Cc2ccc(-c3ccccc3C(=O)OC(C)(C)C)cc2)c2ccc(C(=O)O)cc12.NCc1ccc(I)cc1. The molecule has 4 N–H and O–H groups in total. The predicted octanol–water partition coefficient (Wildman–Crippen LogP) is 16.8. The van der Waals surface area contributed by atoms with Crippen LogP contribution in [0.1, 0.15) is 128 Å². The highest BCUT2D eigenvalue weighted by Gasteiger charge is 2.23. The summed E-state index contributed by atoms with van der Waals surface area (Å²) in [5.74, 6) is -1.66. The van der Waals surface area contributed by atoms with Gasteiger partial charge in [-0.2, -0.15) is 0 Å². The largest absolute Gasteiger partial charge is 0.478 e. The number of hydrogen-bond acceptors (Lipinski definition) is 7. The first kappa shape index (κ1) is 63.2. The molecule has 2 aromatic heterocycles. The number of carboxylic acids is 1. The summed E-state index contributed by atoms with van der Waals surface area (Å²) in [6.07, 6.45) is 0. The van der Waals surface area contributed by atoms with Crippen LogP contribution in [0.3, 0.4) is 0 Å². The Morgan fingerprint density at radius 2 is 0.871 bits per heavy atom. The zero-order valence-corrected chi connectivity index (χ0v) is 54.1. The molecule has 8 aromatic carbocycles. The number of amides is 1. The fraction of sp³-hybridized carbons (Fsp3) is 0.222. The maximum atomic E-state index is 13.0. The summed E-state index contributed by atoms with van der Waals surface area (Å²) in [5, 5.41) is 14.4. The average molecular weight is 1360 g/mol. The van der Waals surface area contributed by atoms with Gasteiger partial charge in [0.1, 0.15) is 11.2 Å². The number of aromatic nitrogens is 2. The van der Waals surface area contributed by atoms with Gasteiger partial charge in [-0.15, -0.1) is 0 Å². The van der Waals surface area contributed by atoms with Gasteiger partial charge in [0.05, 0.1) is 16.7 Å². The highest BCUT2D eigenvalue weighted by molar-refractivity contribution is 14.1. The second-order valence-corrected chi connectivity index (χ2v) is 25.5. The minimum absolute atomic E-state index is 0.0810. The first-order chi connectivity index (χ1) is 40.4. The molecule has 10 rings (SSSR count). The molecule has 0 saturated carbocycles. The number of nitrogens with two attached hydrogens (primary N) is 1. The van der Waals surface area contributed by atoms with Gasteiger partial charge in [0.15, 0.2) is 0 Å². The van der Waals surface area contributed by atoms with E-state index in [9.17, 15) is 24.3 Å². The summed E-state index contributed by atoms with van der Waals surface area (Å²) in [6.45, 7) is 22.0. The van der Waals surface area contributed by atoms with Crippen LogP contribution in [0.4, 0.5) is 0 Å². The van der Waals surface area contributed by atoms with E-state index in [1.807, 2.05) is 164 Å². The van der Waals surface area contributed by atoms with E-state index in [1.54, 1.807) is 18.2 Å². The Kier molecular flexibility index (Phi) is 20.4. The number of benzene rings is 8. The van der Waals surface area contributed by atoms with Crippen molar-refractivity contribution in [3.05, 3.63) is 256 Å². The van der Waals surface area contributed by atoms with Crippen LogP contribution in [0, 0.1) is 34.8 Å². The normalized spacial score (nSPS) is 11.3. The molecule has 13 heteroatoms. The Labute approximate surface area is 525 Å². The van der Waals surface area contributed by atoms with Crippen molar-refractivity contribution >= 4 is 90.8 Å².